The Kier molecular flexibility index (Phi) is 22.3. The molecule has 1 saturated heterocycles. The first-order valence-corrected chi connectivity index (χ1v) is 17.5. The molecular weight excluding hydrogens is 481 g/mol. The van der Waals surface area contributed by atoms with Crippen LogP contribution in [0.25, 0.3) is 0 Å². The van der Waals surface area contributed by atoms with E-state index in [9.17, 15) is 9.46 Å². The Balaban J connectivity index is 1.79. The van der Waals surface area contributed by atoms with Crippen molar-refractivity contribution in [3.8, 4) is 0 Å². The number of phosphoric ester groups is 1. The summed E-state index contributed by atoms with van der Waals surface area (Å²) in [7, 11) is -1.87. The van der Waals surface area contributed by atoms with Gasteiger partial charge in [-0.3, -0.25) is 4.57 Å². The van der Waals surface area contributed by atoms with E-state index in [-0.39, 0.29) is 13.2 Å². The molecule has 0 aliphatic carbocycles. The molecule has 1 rings (SSSR count). The average Bonchev–Trinajstić information content (AvgIpc) is 2.88. The highest BCUT2D eigenvalue weighted by Gasteiger charge is 2.24. The van der Waals surface area contributed by atoms with Crippen molar-refractivity contribution in [3.05, 3.63) is 12.2 Å². The van der Waals surface area contributed by atoms with Gasteiger partial charge in [-0.2, -0.15) is 0 Å². The van der Waals surface area contributed by atoms with Crippen LogP contribution in [0.15, 0.2) is 12.2 Å². The number of likely N-dealkylation sites (tertiary alicyclic amines) is 1. The minimum atomic E-state index is -4.14. The van der Waals surface area contributed by atoms with Gasteiger partial charge in [0.2, 0.25) is 0 Å². The molecule has 0 amide bonds. The Morgan fingerprint density at radius 3 is 1.59 bits per heavy atom. The summed E-state index contributed by atoms with van der Waals surface area (Å²) in [6.45, 7) is 6.15. The van der Waals surface area contributed by atoms with Crippen LogP contribution in [0.4, 0.5) is 0 Å². The van der Waals surface area contributed by atoms with Crippen LogP contribution in [0, 0.1) is 0 Å². The van der Waals surface area contributed by atoms with Gasteiger partial charge < -0.3 is 18.4 Å². The van der Waals surface area contributed by atoms with Crippen molar-refractivity contribution in [2.45, 2.75) is 148 Å². The van der Waals surface area contributed by atoms with Crippen LogP contribution in [0.5, 0.6) is 0 Å². The highest BCUT2D eigenvalue weighted by molar-refractivity contribution is 7.45. The smallest absolute Gasteiger partial charge is 0.267 e. The maximum absolute atomic E-state index is 11.9. The van der Waals surface area contributed by atoms with Gasteiger partial charge >= 0.3 is 0 Å². The maximum atomic E-state index is 11.9. The van der Waals surface area contributed by atoms with Crippen LogP contribution in [0.2, 0.25) is 0 Å². The third-order valence-electron chi connectivity index (χ3n) is 7.89. The minimum absolute atomic E-state index is 0.241. The number of quaternary nitrogens is 1. The van der Waals surface area contributed by atoms with Gasteiger partial charge in [0.15, 0.2) is 0 Å². The van der Waals surface area contributed by atoms with Crippen LogP contribution in [-0.2, 0) is 13.6 Å². The van der Waals surface area contributed by atoms with E-state index in [0.29, 0.717) is 0 Å². The van der Waals surface area contributed by atoms with E-state index in [2.05, 4.69) is 26.1 Å². The number of nitrogens with zero attached hydrogens (tertiary/aromatic N) is 1. The molecule has 1 heterocycles. The quantitative estimate of drug-likeness (QED) is 0.0472. The van der Waals surface area contributed by atoms with E-state index >= 15 is 0 Å². The summed E-state index contributed by atoms with van der Waals surface area (Å²) in [6.07, 6.45) is 32.5. The molecule has 0 aromatic heterocycles. The molecule has 220 valence electrons. The molecule has 1 fully saturated rings. The average molecular weight is 544 g/mol. The van der Waals surface area contributed by atoms with Gasteiger partial charge in [-0.25, -0.2) is 0 Å². The normalized spacial score (nSPS) is 17.4. The lowest BCUT2D eigenvalue weighted by Gasteiger charge is -2.38. The van der Waals surface area contributed by atoms with Crippen molar-refractivity contribution in [3.63, 3.8) is 0 Å². The van der Waals surface area contributed by atoms with Crippen molar-refractivity contribution in [2.24, 2.45) is 0 Å². The first kappa shape index (κ1) is 34.8. The molecule has 0 radical (unpaired) electrons. The fraction of sp³-hybridized carbons (Fsp3) is 0.935. The third-order valence-corrected chi connectivity index (χ3v) is 8.89. The predicted molar refractivity (Wildman–Crippen MR) is 157 cm³/mol. The second-order valence-electron chi connectivity index (χ2n) is 11.7. The van der Waals surface area contributed by atoms with Gasteiger partial charge in [0.05, 0.1) is 39.9 Å². The number of hydrogen-bond acceptors (Lipinski definition) is 4. The summed E-state index contributed by atoms with van der Waals surface area (Å²) < 4.78 is 23.1. The van der Waals surface area contributed by atoms with Gasteiger partial charge in [0, 0.05) is 6.42 Å². The Morgan fingerprint density at radius 1 is 0.649 bits per heavy atom. The Hall–Kier alpha value is -0.190. The molecule has 0 bridgehead atoms. The summed E-state index contributed by atoms with van der Waals surface area (Å²) in [5.41, 5.74) is 0. The molecule has 1 aliphatic rings. The highest BCUT2D eigenvalue weighted by atomic mass is 31.2. The SMILES string of the molecule is CCCCCCCC/C=C\CCCCCCCCCCCCOP(=O)([O-])OCCC[N+]1(C)CCCCC1. The van der Waals surface area contributed by atoms with Crippen LogP contribution in [0.1, 0.15) is 148 Å². The molecule has 1 atom stereocenters. The van der Waals surface area contributed by atoms with Gasteiger partial charge in [0.1, 0.15) is 0 Å². The van der Waals surface area contributed by atoms with Crippen molar-refractivity contribution < 1.29 is 23.0 Å². The van der Waals surface area contributed by atoms with Crippen molar-refractivity contribution in [1.82, 2.24) is 0 Å². The minimum Gasteiger partial charge on any atom is -0.756 e. The molecule has 0 saturated carbocycles. The monoisotopic (exact) mass is 543 g/mol. The zero-order valence-corrected chi connectivity index (χ0v) is 25.7. The summed E-state index contributed by atoms with van der Waals surface area (Å²) in [5.74, 6) is 0. The van der Waals surface area contributed by atoms with Gasteiger partial charge in [-0.15, -0.1) is 0 Å². The summed E-state index contributed by atoms with van der Waals surface area (Å²) >= 11 is 0. The zero-order chi connectivity index (χ0) is 26.9. The summed E-state index contributed by atoms with van der Waals surface area (Å²) in [5, 5.41) is 0. The first-order valence-electron chi connectivity index (χ1n) is 16.1. The van der Waals surface area contributed by atoms with E-state index in [1.807, 2.05) is 0 Å². The summed E-state index contributed by atoms with van der Waals surface area (Å²) in [6, 6.07) is 0. The van der Waals surface area contributed by atoms with E-state index < -0.39 is 7.82 Å². The van der Waals surface area contributed by atoms with Gasteiger partial charge in [-0.05, 0) is 51.4 Å². The lowest BCUT2D eigenvalue weighted by Crippen LogP contribution is -2.48. The van der Waals surface area contributed by atoms with E-state index in [0.717, 1.165) is 36.7 Å². The zero-order valence-electron chi connectivity index (χ0n) is 24.8. The van der Waals surface area contributed by atoms with Gasteiger partial charge in [-0.1, -0.05) is 103 Å². The second kappa shape index (κ2) is 23.7. The molecule has 37 heavy (non-hydrogen) atoms. The number of piperidine rings is 1. The number of unbranched alkanes of at least 4 members (excludes halogenated alkanes) is 16. The molecule has 5 nitrogen and oxygen atoms in total. The number of allylic oxidation sites excluding steroid dienone is 2. The molecular formula is C31H62NO4P. The highest BCUT2D eigenvalue weighted by Crippen LogP contribution is 2.38. The van der Waals surface area contributed by atoms with E-state index in [1.165, 1.54) is 129 Å². The standard InChI is InChI=1S/C31H62NO4P/c1-3-4-5-6-7-8-9-10-11-12-13-14-15-16-17-18-19-20-21-25-30-35-37(33,34)36-31-26-29-32(2)27-23-22-24-28-32/h10-11H,3-9,12-31H2,1-2H3/b11-10-. The van der Waals surface area contributed by atoms with E-state index in [1.54, 1.807) is 0 Å². The topological polar surface area (TPSA) is 58.6 Å². The molecule has 1 aliphatic heterocycles. The van der Waals surface area contributed by atoms with Gasteiger partial charge in [0.25, 0.3) is 7.82 Å². The molecule has 0 N–H and O–H groups in total. The number of phosphoric acid groups is 1. The van der Waals surface area contributed by atoms with Crippen LogP contribution in [0.3, 0.4) is 0 Å². The van der Waals surface area contributed by atoms with Crippen molar-refractivity contribution >= 4 is 7.82 Å². The third kappa shape index (κ3) is 22.3. The Morgan fingerprint density at radius 2 is 1.08 bits per heavy atom. The van der Waals surface area contributed by atoms with Crippen LogP contribution in [-0.4, -0.2) is 44.4 Å². The first-order chi connectivity index (χ1) is 18.0. The predicted octanol–water partition coefficient (Wildman–Crippen LogP) is 9.11. The lowest BCUT2D eigenvalue weighted by molar-refractivity contribution is -0.914. The van der Waals surface area contributed by atoms with E-state index in [4.69, 9.17) is 9.05 Å². The largest absolute Gasteiger partial charge is 0.756 e. The molecule has 0 spiro atoms. The lowest BCUT2D eigenvalue weighted by atomic mass is 10.1. The second-order valence-corrected chi connectivity index (χ2v) is 13.1. The maximum Gasteiger partial charge on any atom is 0.267 e. The number of rotatable bonds is 26. The van der Waals surface area contributed by atoms with Crippen molar-refractivity contribution in [2.75, 3.05) is 39.9 Å². The Bertz CT molecular complexity index is 578. The number of hydrogen-bond donors (Lipinski definition) is 0. The van der Waals surface area contributed by atoms with Crippen LogP contribution >= 0.6 is 7.82 Å². The fourth-order valence-corrected chi connectivity index (χ4v) is 6.17. The molecule has 0 aromatic rings. The molecule has 0 aromatic carbocycles. The fourth-order valence-electron chi connectivity index (χ4n) is 5.39. The molecule has 1 unspecified atom stereocenters. The van der Waals surface area contributed by atoms with Crippen LogP contribution < -0.4 is 4.89 Å². The summed E-state index contributed by atoms with van der Waals surface area (Å²) in [4.78, 5) is 11.9. The van der Waals surface area contributed by atoms with Crippen molar-refractivity contribution in [1.29, 1.82) is 0 Å². The molecule has 6 heteroatoms. The Labute approximate surface area is 231 Å².